The van der Waals surface area contributed by atoms with Crippen LogP contribution in [0.5, 0.6) is 23.0 Å². The average molecular weight is 634 g/mol. The molecule has 0 saturated heterocycles. The minimum Gasteiger partial charge on any atom is -0.444 e. The molecule has 0 fully saturated rings. The molecule has 0 bridgehead atoms. The van der Waals surface area contributed by atoms with Crippen LogP contribution in [0.25, 0.3) is 0 Å². The van der Waals surface area contributed by atoms with E-state index in [4.69, 9.17) is 9.47 Å². The van der Waals surface area contributed by atoms with Gasteiger partial charge in [0.15, 0.2) is 0 Å². The molecule has 0 amide bonds. The second-order valence-electron chi connectivity index (χ2n) is 9.79. The van der Waals surface area contributed by atoms with Crippen LogP contribution in [0.15, 0.2) is 42.5 Å². The van der Waals surface area contributed by atoms with Crippen LogP contribution >= 0.6 is 0 Å². The highest BCUT2D eigenvalue weighted by Gasteiger charge is 2.41. The number of alkyl halides is 6. The number of nitro benzene ring substituents is 4. The van der Waals surface area contributed by atoms with Crippen molar-refractivity contribution in [2.24, 2.45) is 0 Å². The summed E-state index contributed by atoms with van der Waals surface area (Å²) in [5.41, 5.74) is -10.8. The van der Waals surface area contributed by atoms with Crippen molar-refractivity contribution in [2.45, 2.75) is 38.5 Å². The molecule has 0 aliphatic carbocycles. The van der Waals surface area contributed by atoms with E-state index in [-0.39, 0.29) is 29.8 Å². The lowest BCUT2D eigenvalue weighted by Crippen LogP contribution is -2.15. The minimum atomic E-state index is -5.23. The number of hydrogen-bond acceptors (Lipinski definition) is 10. The smallest absolute Gasteiger partial charge is 0.416 e. The van der Waals surface area contributed by atoms with Gasteiger partial charge in [0.25, 0.3) is 11.5 Å². The summed E-state index contributed by atoms with van der Waals surface area (Å²) in [6, 6.07) is 3.09. The van der Waals surface area contributed by atoms with Gasteiger partial charge >= 0.3 is 35.1 Å². The first-order chi connectivity index (χ1) is 20.0. The maximum Gasteiger partial charge on any atom is 0.416 e. The lowest BCUT2D eigenvalue weighted by molar-refractivity contribution is -0.396. The van der Waals surface area contributed by atoms with Gasteiger partial charge in [-0.1, -0.05) is 26.8 Å². The van der Waals surface area contributed by atoms with Crippen molar-refractivity contribution < 1.29 is 55.5 Å². The molecule has 0 N–H and O–H groups in total. The van der Waals surface area contributed by atoms with Gasteiger partial charge in [0.2, 0.25) is 0 Å². The van der Waals surface area contributed by atoms with Crippen molar-refractivity contribution in [2.75, 3.05) is 0 Å². The van der Waals surface area contributed by atoms with Crippen LogP contribution in [0, 0.1) is 40.5 Å². The molecular weight excluding hydrogens is 618 g/mol. The molecule has 0 saturated carbocycles. The quantitative estimate of drug-likeness (QED) is 0.132. The molecule has 0 heterocycles. The van der Waals surface area contributed by atoms with Crippen LogP contribution < -0.4 is 9.47 Å². The maximum atomic E-state index is 13.3. The third-order valence-corrected chi connectivity index (χ3v) is 5.70. The second-order valence-corrected chi connectivity index (χ2v) is 9.79. The van der Waals surface area contributed by atoms with E-state index in [1.807, 2.05) is 0 Å². The Balaban J connectivity index is 2.34. The van der Waals surface area contributed by atoms with Crippen molar-refractivity contribution in [3.05, 3.63) is 99.6 Å². The van der Waals surface area contributed by atoms with E-state index >= 15 is 0 Å². The zero-order valence-electron chi connectivity index (χ0n) is 22.2. The first kappa shape index (κ1) is 32.9. The Morgan fingerprint density at radius 3 is 1.05 bits per heavy atom. The standard InChI is InChI=1S/C24H16F6N4O10/c1-22(2,3)19-17(43-20-13(31(35)36)7-11(23(25,26)27)8-14(20)32(37)38)5-4-6-18(19)44-21-15(33(39)40)9-12(24(28,29)30)10-16(21)34(41)42/h4-10H,1-3H3. The lowest BCUT2D eigenvalue weighted by Gasteiger charge is -2.25. The van der Waals surface area contributed by atoms with Gasteiger partial charge < -0.3 is 9.47 Å². The molecule has 44 heavy (non-hydrogen) atoms. The van der Waals surface area contributed by atoms with Crippen molar-refractivity contribution in [3.8, 4) is 23.0 Å². The summed E-state index contributed by atoms with van der Waals surface area (Å²) < 4.78 is 90.8. The number of halogens is 6. The van der Waals surface area contributed by atoms with Crippen molar-refractivity contribution in [3.63, 3.8) is 0 Å². The minimum absolute atomic E-state index is 0.00558. The highest BCUT2D eigenvalue weighted by atomic mass is 19.4. The fraction of sp³-hybridized carbons (Fsp3) is 0.250. The van der Waals surface area contributed by atoms with Crippen molar-refractivity contribution in [1.82, 2.24) is 0 Å². The van der Waals surface area contributed by atoms with Crippen molar-refractivity contribution >= 4 is 22.7 Å². The molecule has 0 atom stereocenters. The first-order valence-electron chi connectivity index (χ1n) is 11.6. The zero-order chi connectivity index (χ0) is 33.5. The molecule has 0 radical (unpaired) electrons. The third kappa shape index (κ3) is 6.73. The van der Waals surface area contributed by atoms with Gasteiger partial charge in [0.1, 0.15) is 11.5 Å². The Kier molecular flexibility index (Phi) is 8.43. The van der Waals surface area contributed by atoms with E-state index in [9.17, 15) is 66.8 Å². The summed E-state index contributed by atoms with van der Waals surface area (Å²) in [5, 5.41) is 46.6. The SMILES string of the molecule is CC(C)(C)c1c(Oc2c([N+](=O)[O-])cc(C(F)(F)F)cc2[N+](=O)[O-])cccc1Oc1c([N+](=O)[O-])cc(C(F)(F)F)cc1[N+](=O)[O-]. The Labute approximate surface area is 240 Å². The largest absolute Gasteiger partial charge is 0.444 e. The first-order valence-corrected chi connectivity index (χ1v) is 11.6. The maximum absolute atomic E-state index is 13.3. The van der Waals surface area contributed by atoms with Crippen LogP contribution in [0.3, 0.4) is 0 Å². The van der Waals surface area contributed by atoms with E-state index in [1.165, 1.54) is 20.8 Å². The number of rotatable bonds is 8. The molecule has 0 aromatic heterocycles. The van der Waals surface area contributed by atoms with E-state index in [1.54, 1.807) is 0 Å². The van der Waals surface area contributed by atoms with Gasteiger partial charge in [0.05, 0.1) is 30.8 Å². The Morgan fingerprint density at radius 2 is 0.841 bits per heavy atom. The highest BCUT2D eigenvalue weighted by molar-refractivity contribution is 5.67. The van der Waals surface area contributed by atoms with Crippen LogP contribution in [0.2, 0.25) is 0 Å². The van der Waals surface area contributed by atoms with Crippen LogP contribution in [-0.4, -0.2) is 19.7 Å². The molecule has 20 heteroatoms. The predicted octanol–water partition coefficient (Wildman–Crippen LogP) is 8.24. The van der Waals surface area contributed by atoms with E-state index in [2.05, 4.69) is 0 Å². The third-order valence-electron chi connectivity index (χ3n) is 5.70. The summed E-state index contributed by atoms with van der Waals surface area (Å²) in [6.45, 7) is 4.27. The van der Waals surface area contributed by atoms with Crippen LogP contribution in [0.1, 0.15) is 37.5 Å². The highest BCUT2D eigenvalue weighted by Crippen LogP contribution is 2.50. The average Bonchev–Trinajstić information content (AvgIpc) is 2.86. The number of hydrogen-bond donors (Lipinski definition) is 0. The number of nitrogens with zero attached hydrogens (tertiary/aromatic N) is 4. The predicted molar refractivity (Wildman–Crippen MR) is 135 cm³/mol. The molecular formula is C24H16F6N4O10. The second kappa shape index (κ2) is 11.3. The molecule has 3 aromatic rings. The van der Waals surface area contributed by atoms with Gasteiger partial charge in [0, 0.05) is 29.8 Å². The molecule has 0 aliphatic rings. The lowest BCUT2D eigenvalue weighted by atomic mass is 9.85. The molecule has 14 nitrogen and oxygen atoms in total. The van der Waals surface area contributed by atoms with Crippen molar-refractivity contribution in [1.29, 1.82) is 0 Å². The summed E-state index contributed by atoms with van der Waals surface area (Å²) in [4.78, 5) is 41.2. The Morgan fingerprint density at radius 1 is 0.568 bits per heavy atom. The summed E-state index contributed by atoms with van der Waals surface area (Å²) in [7, 11) is 0. The molecule has 0 aliphatic heterocycles. The van der Waals surface area contributed by atoms with Gasteiger partial charge in [-0.3, -0.25) is 40.5 Å². The van der Waals surface area contributed by atoms with Crippen LogP contribution in [0.4, 0.5) is 49.1 Å². The van der Waals surface area contributed by atoms with E-state index in [0.29, 0.717) is 0 Å². The molecule has 234 valence electrons. The molecule has 0 spiro atoms. The van der Waals surface area contributed by atoms with Gasteiger partial charge in [-0.05, 0) is 17.5 Å². The van der Waals surface area contributed by atoms with Gasteiger partial charge in [-0.25, -0.2) is 0 Å². The number of nitro groups is 4. The summed E-state index contributed by atoms with van der Waals surface area (Å²) in [6.07, 6.45) is -10.5. The normalized spacial score (nSPS) is 12.0. The topological polar surface area (TPSA) is 191 Å². The number of ether oxygens (including phenoxy) is 2. The molecule has 0 unspecified atom stereocenters. The summed E-state index contributed by atoms with van der Waals surface area (Å²) in [5.74, 6) is -3.58. The summed E-state index contributed by atoms with van der Waals surface area (Å²) >= 11 is 0. The Hall–Kier alpha value is -5.56. The molecule has 3 rings (SSSR count). The Bertz CT molecular complexity index is 1520. The van der Waals surface area contributed by atoms with E-state index < -0.39 is 94.3 Å². The fourth-order valence-electron chi connectivity index (χ4n) is 3.92. The van der Waals surface area contributed by atoms with Gasteiger partial charge in [-0.15, -0.1) is 0 Å². The fourth-order valence-corrected chi connectivity index (χ4v) is 3.92. The molecule has 3 aromatic carbocycles. The van der Waals surface area contributed by atoms with Gasteiger partial charge in [-0.2, -0.15) is 26.3 Å². The van der Waals surface area contributed by atoms with Crippen LogP contribution in [-0.2, 0) is 17.8 Å². The monoisotopic (exact) mass is 634 g/mol. The van der Waals surface area contributed by atoms with E-state index in [0.717, 1.165) is 18.2 Å². The zero-order valence-corrected chi connectivity index (χ0v) is 22.2. The number of benzene rings is 3.